The fraction of sp³-hybridized carbons (Fsp3) is 0.222. The van der Waals surface area contributed by atoms with E-state index in [0.29, 0.717) is 5.56 Å². The van der Waals surface area contributed by atoms with Crippen LogP contribution in [0.2, 0.25) is 0 Å². The van der Waals surface area contributed by atoms with Crippen molar-refractivity contribution in [2.45, 2.75) is 6.10 Å². The molecular formula is C9H10BrNO3. The highest BCUT2D eigenvalue weighted by molar-refractivity contribution is 9.10. The average molecular weight is 260 g/mol. The van der Waals surface area contributed by atoms with Crippen LogP contribution in [0.4, 0.5) is 4.79 Å². The molecule has 1 aromatic rings. The molecule has 0 radical (unpaired) electrons. The third kappa shape index (κ3) is 3.35. The summed E-state index contributed by atoms with van der Waals surface area (Å²) in [6.07, 6.45) is -1.96. The fourth-order valence-corrected chi connectivity index (χ4v) is 1.43. The average Bonchev–Trinajstić information content (AvgIpc) is 2.14. The zero-order chi connectivity index (χ0) is 10.6. The molecule has 0 aliphatic heterocycles. The van der Waals surface area contributed by atoms with Gasteiger partial charge in [-0.15, -0.1) is 0 Å². The van der Waals surface area contributed by atoms with Crippen LogP contribution in [0.3, 0.4) is 0 Å². The summed E-state index contributed by atoms with van der Waals surface area (Å²) < 4.78 is 0.851. The molecule has 0 aliphatic rings. The molecule has 0 spiro atoms. The number of amides is 1. The Hall–Kier alpha value is -1.07. The Bertz CT molecular complexity index is 330. The highest BCUT2D eigenvalue weighted by Crippen LogP contribution is 2.17. The SMILES string of the molecule is O=C(O)NCC(O)c1cccc(Br)c1. The van der Waals surface area contributed by atoms with Crippen LogP contribution in [0.15, 0.2) is 28.7 Å². The van der Waals surface area contributed by atoms with Crippen LogP contribution in [0, 0.1) is 0 Å². The van der Waals surface area contributed by atoms with Crippen molar-refractivity contribution in [1.29, 1.82) is 0 Å². The quantitative estimate of drug-likeness (QED) is 0.775. The van der Waals surface area contributed by atoms with E-state index < -0.39 is 12.2 Å². The Morgan fingerprint density at radius 3 is 2.86 bits per heavy atom. The van der Waals surface area contributed by atoms with Gasteiger partial charge in [-0.3, -0.25) is 0 Å². The van der Waals surface area contributed by atoms with E-state index in [1.165, 1.54) is 0 Å². The van der Waals surface area contributed by atoms with Gasteiger partial charge in [0.15, 0.2) is 0 Å². The van der Waals surface area contributed by atoms with Gasteiger partial charge in [-0.05, 0) is 17.7 Å². The zero-order valence-electron chi connectivity index (χ0n) is 7.27. The third-order valence-corrected chi connectivity index (χ3v) is 2.17. The molecule has 76 valence electrons. The van der Waals surface area contributed by atoms with Gasteiger partial charge in [0.25, 0.3) is 0 Å². The summed E-state index contributed by atoms with van der Waals surface area (Å²) >= 11 is 3.26. The first-order chi connectivity index (χ1) is 6.59. The molecule has 1 rings (SSSR count). The summed E-state index contributed by atoms with van der Waals surface area (Å²) in [5.41, 5.74) is 0.674. The molecule has 3 N–H and O–H groups in total. The van der Waals surface area contributed by atoms with Crippen LogP contribution in [0.5, 0.6) is 0 Å². The topological polar surface area (TPSA) is 69.6 Å². The van der Waals surface area contributed by atoms with Gasteiger partial charge in [0.1, 0.15) is 0 Å². The van der Waals surface area contributed by atoms with E-state index in [-0.39, 0.29) is 6.54 Å². The van der Waals surface area contributed by atoms with Gasteiger partial charge in [-0.25, -0.2) is 4.79 Å². The molecule has 14 heavy (non-hydrogen) atoms. The van der Waals surface area contributed by atoms with Crippen LogP contribution in [-0.2, 0) is 0 Å². The van der Waals surface area contributed by atoms with Crippen molar-refractivity contribution in [3.05, 3.63) is 34.3 Å². The summed E-state index contributed by atoms with van der Waals surface area (Å²) in [4.78, 5) is 10.2. The molecule has 0 saturated heterocycles. The van der Waals surface area contributed by atoms with Gasteiger partial charge in [0, 0.05) is 4.47 Å². The minimum atomic E-state index is -1.14. The number of nitrogens with one attached hydrogen (secondary N) is 1. The smallest absolute Gasteiger partial charge is 0.404 e. The number of halogens is 1. The maximum absolute atomic E-state index is 10.2. The van der Waals surface area contributed by atoms with Crippen LogP contribution >= 0.6 is 15.9 Å². The first-order valence-electron chi connectivity index (χ1n) is 4.00. The van der Waals surface area contributed by atoms with Gasteiger partial charge >= 0.3 is 6.09 Å². The van der Waals surface area contributed by atoms with E-state index in [1.807, 2.05) is 6.07 Å². The molecule has 0 bridgehead atoms. The Kier molecular flexibility index (Phi) is 3.91. The first-order valence-corrected chi connectivity index (χ1v) is 4.79. The van der Waals surface area contributed by atoms with Crippen molar-refractivity contribution in [3.63, 3.8) is 0 Å². The highest BCUT2D eigenvalue weighted by Gasteiger charge is 2.08. The monoisotopic (exact) mass is 259 g/mol. The molecule has 5 heteroatoms. The molecule has 0 heterocycles. The molecule has 1 unspecified atom stereocenters. The molecule has 0 fully saturated rings. The number of carbonyl (C=O) groups is 1. The number of rotatable bonds is 3. The first kappa shape index (κ1) is 11.0. The summed E-state index contributed by atoms with van der Waals surface area (Å²) in [6, 6.07) is 7.09. The number of hydrogen-bond donors (Lipinski definition) is 3. The predicted molar refractivity (Wildman–Crippen MR) is 55.1 cm³/mol. The van der Waals surface area contributed by atoms with Crippen molar-refractivity contribution in [2.75, 3.05) is 6.54 Å². The molecule has 1 atom stereocenters. The minimum absolute atomic E-state index is 0.00815. The van der Waals surface area contributed by atoms with Crippen LogP contribution < -0.4 is 5.32 Å². The van der Waals surface area contributed by atoms with E-state index in [2.05, 4.69) is 21.2 Å². The lowest BCUT2D eigenvalue weighted by Gasteiger charge is -2.10. The Balaban J connectivity index is 2.60. The van der Waals surface area contributed by atoms with Gasteiger partial charge in [-0.2, -0.15) is 0 Å². The molecule has 4 nitrogen and oxygen atoms in total. The van der Waals surface area contributed by atoms with Gasteiger partial charge in [-0.1, -0.05) is 28.1 Å². The van der Waals surface area contributed by atoms with Crippen molar-refractivity contribution in [2.24, 2.45) is 0 Å². The van der Waals surface area contributed by atoms with E-state index in [0.717, 1.165) is 4.47 Å². The lowest BCUT2D eigenvalue weighted by atomic mass is 10.1. The number of hydrogen-bond acceptors (Lipinski definition) is 2. The van der Waals surface area contributed by atoms with Crippen molar-refractivity contribution in [1.82, 2.24) is 5.32 Å². The van der Waals surface area contributed by atoms with Crippen molar-refractivity contribution >= 4 is 22.0 Å². The number of aliphatic hydroxyl groups is 1. The van der Waals surface area contributed by atoms with Gasteiger partial charge in [0.05, 0.1) is 12.6 Å². The van der Waals surface area contributed by atoms with E-state index in [9.17, 15) is 9.90 Å². The predicted octanol–water partition coefficient (Wildman–Crippen LogP) is 1.75. The maximum Gasteiger partial charge on any atom is 0.404 e. The largest absolute Gasteiger partial charge is 0.465 e. The fourth-order valence-electron chi connectivity index (χ4n) is 1.02. The van der Waals surface area contributed by atoms with Crippen LogP contribution in [-0.4, -0.2) is 22.9 Å². The second-order valence-electron chi connectivity index (χ2n) is 2.76. The van der Waals surface area contributed by atoms with E-state index in [4.69, 9.17) is 5.11 Å². The molecule has 1 aromatic carbocycles. The molecule has 0 aromatic heterocycles. The van der Waals surface area contributed by atoms with E-state index >= 15 is 0 Å². The lowest BCUT2D eigenvalue weighted by molar-refractivity contribution is 0.159. The van der Waals surface area contributed by atoms with Gasteiger partial charge < -0.3 is 15.5 Å². The number of aliphatic hydroxyl groups excluding tert-OH is 1. The van der Waals surface area contributed by atoms with Crippen molar-refractivity contribution in [3.8, 4) is 0 Å². The zero-order valence-corrected chi connectivity index (χ0v) is 8.86. The lowest BCUT2D eigenvalue weighted by Crippen LogP contribution is -2.26. The van der Waals surface area contributed by atoms with Crippen LogP contribution in [0.25, 0.3) is 0 Å². The van der Waals surface area contributed by atoms with Gasteiger partial charge in [0.2, 0.25) is 0 Å². The second kappa shape index (κ2) is 4.97. The van der Waals surface area contributed by atoms with Crippen LogP contribution in [0.1, 0.15) is 11.7 Å². The molecule has 0 aliphatic carbocycles. The summed E-state index contributed by atoms with van der Waals surface area (Å²) in [7, 11) is 0. The summed E-state index contributed by atoms with van der Waals surface area (Å²) in [6.45, 7) is -0.00815. The number of benzene rings is 1. The normalized spacial score (nSPS) is 12.1. The molecule has 1 amide bonds. The summed E-state index contributed by atoms with van der Waals surface area (Å²) in [5.74, 6) is 0. The summed E-state index contributed by atoms with van der Waals surface area (Å²) in [5, 5.41) is 20.0. The number of carboxylic acid groups (broad SMARTS) is 1. The minimum Gasteiger partial charge on any atom is -0.465 e. The Labute approximate surface area is 89.7 Å². The van der Waals surface area contributed by atoms with E-state index in [1.54, 1.807) is 18.2 Å². The second-order valence-corrected chi connectivity index (χ2v) is 3.67. The molecule has 0 saturated carbocycles. The Morgan fingerprint density at radius 2 is 2.29 bits per heavy atom. The highest BCUT2D eigenvalue weighted by atomic mass is 79.9. The third-order valence-electron chi connectivity index (χ3n) is 1.68. The standard InChI is InChI=1S/C9H10BrNO3/c10-7-3-1-2-6(4-7)8(12)5-11-9(13)14/h1-4,8,11-12H,5H2,(H,13,14). The molecular weight excluding hydrogens is 250 g/mol. The Morgan fingerprint density at radius 1 is 1.57 bits per heavy atom. The van der Waals surface area contributed by atoms with Crippen molar-refractivity contribution < 1.29 is 15.0 Å². The maximum atomic E-state index is 10.2.